The molecule has 24 heavy (non-hydrogen) atoms. The van der Waals surface area contributed by atoms with E-state index in [2.05, 4.69) is 0 Å². The maximum Gasteiger partial charge on any atom is 0.225 e. The number of benzene rings is 1. The molecular formula is C17H26N2O4S. The molecule has 1 fully saturated rings. The van der Waals surface area contributed by atoms with E-state index in [1.807, 2.05) is 24.3 Å². The van der Waals surface area contributed by atoms with E-state index in [4.69, 9.17) is 4.74 Å². The number of methoxy groups -OCH3 is 1. The number of hydrogen-bond donors (Lipinski definition) is 0. The summed E-state index contributed by atoms with van der Waals surface area (Å²) in [5, 5.41) is 0. The highest BCUT2D eigenvalue weighted by molar-refractivity contribution is 7.88. The first-order valence-electron chi connectivity index (χ1n) is 8.15. The maximum atomic E-state index is 12.6. The topological polar surface area (TPSA) is 66.9 Å². The molecule has 0 N–H and O–H groups in total. The Morgan fingerprint density at radius 2 is 1.92 bits per heavy atom. The molecule has 1 aliphatic rings. The minimum atomic E-state index is -3.15. The quantitative estimate of drug-likeness (QED) is 0.774. The summed E-state index contributed by atoms with van der Waals surface area (Å²) in [6.07, 6.45) is 3.12. The van der Waals surface area contributed by atoms with Gasteiger partial charge in [-0.25, -0.2) is 12.7 Å². The van der Waals surface area contributed by atoms with Gasteiger partial charge in [-0.05, 0) is 30.9 Å². The fraction of sp³-hybridized carbons (Fsp3) is 0.588. The van der Waals surface area contributed by atoms with Crippen LogP contribution in [0, 0.1) is 5.92 Å². The molecule has 2 rings (SSSR count). The normalized spacial score (nSPS) is 16.8. The van der Waals surface area contributed by atoms with Crippen LogP contribution in [0.1, 0.15) is 18.4 Å². The van der Waals surface area contributed by atoms with Crippen molar-refractivity contribution in [2.45, 2.75) is 19.3 Å². The summed E-state index contributed by atoms with van der Waals surface area (Å²) in [4.78, 5) is 14.3. The van der Waals surface area contributed by atoms with E-state index in [1.54, 1.807) is 19.1 Å². The van der Waals surface area contributed by atoms with E-state index >= 15 is 0 Å². The van der Waals surface area contributed by atoms with Gasteiger partial charge in [-0.3, -0.25) is 4.79 Å². The van der Waals surface area contributed by atoms with Gasteiger partial charge in [-0.15, -0.1) is 0 Å². The smallest absolute Gasteiger partial charge is 0.225 e. The minimum absolute atomic E-state index is 0.0920. The SMILES string of the molecule is COc1ccccc1CCN(C)C(=O)C1CCN(S(C)(=O)=O)CC1. The van der Waals surface area contributed by atoms with Gasteiger partial charge in [0.1, 0.15) is 5.75 Å². The Morgan fingerprint density at radius 1 is 1.29 bits per heavy atom. The van der Waals surface area contributed by atoms with Crippen molar-refractivity contribution in [3.8, 4) is 5.75 Å². The lowest BCUT2D eigenvalue weighted by atomic mass is 9.96. The third-order valence-corrected chi connectivity index (χ3v) is 5.86. The van der Waals surface area contributed by atoms with Crippen LogP contribution in [0.15, 0.2) is 24.3 Å². The third kappa shape index (κ3) is 4.70. The zero-order valence-electron chi connectivity index (χ0n) is 14.6. The van der Waals surface area contributed by atoms with Crippen LogP contribution in [0.25, 0.3) is 0 Å². The van der Waals surface area contributed by atoms with Crippen LogP contribution in [-0.2, 0) is 21.2 Å². The molecule has 0 aliphatic carbocycles. The van der Waals surface area contributed by atoms with E-state index in [1.165, 1.54) is 10.6 Å². The zero-order chi connectivity index (χ0) is 17.7. The van der Waals surface area contributed by atoms with Gasteiger partial charge < -0.3 is 9.64 Å². The molecule has 1 aromatic carbocycles. The maximum absolute atomic E-state index is 12.6. The highest BCUT2D eigenvalue weighted by atomic mass is 32.2. The highest BCUT2D eigenvalue weighted by Gasteiger charge is 2.30. The van der Waals surface area contributed by atoms with Crippen LogP contribution in [0.5, 0.6) is 5.75 Å². The second kappa shape index (κ2) is 7.98. The number of carbonyl (C=O) groups excluding carboxylic acids is 1. The van der Waals surface area contributed by atoms with Gasteiger partial charge in [-0.1, -0.05) is 18.2 Å². The van der Waals surface area contributed by atoms with Crippen molar-refractivity contribution in [2.24, 2.45) is 5.92 Å². The zero-order valence-corrected chi connectivity index (χ0v) is 15.4. The standard InChI is InChI=1S/C17H26N2O4S/c1-18(11-8-14-6-4-5-7-16(14)23-2)17(20)15-9-12-19(13-10-15)24(3,21)22/h4-7,15H,8-13H2,1-3H3. The predicted octanol–water partition coefficient (Wildman–Crippen LogP) is 1.37. The monoisotopic (exact) mass is 354 g/mol. The summed E-state index contributed by atoms with van der Waals surface area (Å²) in [5.41, 5.74) is 1.08. The molecule has 0 spiro atoms. The summed E-state index contributed by atoms with van der Waals surface area (Å²) in [6, 6.07) is 7.80. The molecule has 0 radical (unpaired) electrons. The van der Waals surface area contributed by atoms with Gasteiger partial charge in [0.15, 0.2) is 0 Å². The Bertz CT molecular complexity index is 667. The Labute approximate surface area is 144 Å². The van der Waals surface area contributed by atoms with E-state index in [0.29, 0.717) is 32.5 Å². The Hall–Kier alpha value is -1.60. The lowest BCUT2D eigenvalue weighted by Crippen LogP contribution is -2.43. The van der Waals surface area contributed by atoms with E-state index in [-0.39, 0.29) is 11.8 Å². The number of sulfonamides is 1. The van der Waals surface area contributed by atoms with Gasteiger partial charge in [0.25, 0.3) is 0 Å². The number of ether oxygens (including phenoxy) is 1. The first-order valence-corrected chi connectivity index (χ1v) is 9.99. The molecule has 0 unspecified atom stereocenters. The Morgan fingerprint density at radius 3 is 2.50 bits per heavy atom. The number of piperidine rings is 1. The van der Waals surface area contributed by atoms with Crippen LogP contribution in [0.4, 0.5) is 0 Å². The summed E-state index contributed by atoms with van der Waals surface area (Å²) in [5.74, 6) is 0.837. The molecule has 0 atom stereocenters. The molecule has 6 nitrogen and oxygen atoms in total. The largest absolute Gasteiger partial charge is 0.496 e. The van der Waals surface area contributed by atoms with Gasteiger partial charge >= 0.3 is 0 Å². The van der Waals surface area contributed by atoms with Crippen molar-refractivity contribution < 1.29 is 17.9 Å². The predicted molar refractivity (Wildman–Crippen MR) is 93.5 cm³/mol. The molecule has 7 heteroatoms. The number of likely N-dealkylation sites (N-methyl/N-ethyl adjacent to an activating group) is 1. The second-order valence-electron chi connectivity index (χ2n) is 6.26. The average Bonchev–Trinajstić information content (AvgIpc) is 2.58. The molecule has 134 valence electrons. The van der Waals surface area contributed by atoms with Crippen molar-refractivity contribution >= 4 is 15.9 Å². The van der Waals surface area contributed by atoms with E-state index in [0.717, 1.165) is 17.7 Å². The number of amides is 1. The van der Waals surface area contributed by atoms with Crippen LogP contribution in [0.2, 0.25) is 0 Å². The fourth-order valence-electron chi connectivity index (χ4n) is 3.05. The van der Waals surface area contributed by atoms with Gasteiger partial charge in [-0.2, -0.15) is 0 Å². The molecule has 0 saturated carbocycles. The molecule has 1 amide bonds. The van der Waals surface area contributed by atoms with E-state index in [9.17, 15) is 13.2 Å². The van der Waals surface area contributed by atoms with Gasteiger partial charge in [0, 0.05) is 32.6 Å². The summed E-state index contributed by atoms with van der Waals surface area (Å²) >= 11 is 0. The molecule has 1 aromatic rings. The van der Waals surface area contributed by atoms with Gasteiger partial charge in [0.2, 0.25) is 15.9 Å². The van der Waals surface area contributed by atoms with Crippen LogP contribution >= 0.6 is 0 Å². The first kappa shape index (κ1) is 18.7. The second-order valence-corrected chi connectivity index (χ2v) is 8.24. The number of hydrogen-bond acceptors (Lipinski definition) is 4. The molecule has 1 saturated heterocycles. The van der Waals surface area contributed by atoms with Crippen molar-refractivity contribution in [2.75, 3.05) is 40.0 Å². The number of rotatable bonds is 6. The molecular weight excluding hydrogens is 328 g/mol. The number of para-hydroxylation sites is 1. The first-order chi connectivity index (χ1) is 11.3. The van der Waals surface area contributed by atoms with Crippen molar-refractivity contribution in [1.82, 2.24) is 9.21 Å². The van der Waals surface area contributed by atoms with Crippen molar-refractivity contribution in [1.29, 1.82) is 0 Å². The highest BCUT2D eigenvalue weighted by Crippen LogP contribution is 2.22. The fourth-order valence-corrected chi connectivity index (χ4v) is 3.93. The number of nitrogens with zero attached hydrogens (tertiary/aromatic N) is 2. The molecule has 1 heterocycles. The molecule has 1 aliphatic heterocycles. The molecule has 0 aromatic heterocycles. The van der Waals surface area contributed by atoms with Crippen LogP contribution in [0.3, 0.4) is 0 Å². The van der Waals surface area contributed by atoms with Crippen molar-refractivity contribution in [3.63, 3.8) is 0 Å². The average molecular weight is 354 g/mol. The van der Waals surface area contributed by atoms with Crippen LogP contribution in [-0.4, -0.2) is 63.6 Å². The Balaban J connectivity index is 1.87. The van der Waals surface area contributed by atoms with E-state index < -0.39 is 10.0 Å². The summed E-state index contributed by atoms with van der Waals surface area (Å²) in [6.45, 7) is 1.47. The van der Waals surface area contributed by atoms with Crippen LogP contribution < -0.4 is 4.74 Å². The lowest BCUT2D eigenvalue weighted by Gasteiger charge is -2.31. The Kier molecular flexibility index (Phi) is 6.23. The molecule has 0 bridgehead atoms. The third-order valence-electron chi connectivity index (χ3n) is 4.56. The summed E-state index contributed by atoms with van der Waals surface area (Å²) in [7, 11) is 0.294. The summed E-state index contributed by atoms with van der Waals surface area (Å²) < 4.78 is 29.9. The number of carbonyl (C=O) groups is 1. The van der Waals surface area contributed by atoms with Gasteiger partial charge in [0.05, 0.1) is 13.4 Å². The lowest BCUT2D eigenvalue weighted by molar-refractivity contribution is -0.135. The van der Waals surface area contributed by atoms with Crippen molar-refractivity contribution in [3.05, 3.63) is 29.8 Å². The minimum Gasteiger partial charge on any atom is -0.496 e.